The zero-order valence-electron chi connectivity index (χ0n) is 30.4. The molecular weight excluding hydrogens is 722 g/mol. The summed E-state index contributed by atoms with van der Waals surface area (Å²) in [5.41, 5.74) is 0.609. The van der Waals surface area contributed by atoms with Crippen LogP contribution in [0.4, 0.5) is 9.18 Å². The van der Waals surface area contributed by atoms with E-state index >= 15 is 0 Å². The Kier molecular flexibility index (Phi) is 12.7. The number of carbonyl (C=O) groups is 2. The number of ether oxygens (including phenoxy) is 5. The second-order valence-corrected chi connectivity index (χ2v) is 16.6. The van der Waals surface area contributed by atoms with Crippen molar-refractivity contribution < 1.29 is 51.2 Å². The Morgan fingerprint density at radius 2 is 1.78 bits per heavy atom. The number of nitrogens with one attached hydrogen (secondary N) is 2. The molecule has 6 rings (SSSR count). The predicted octanol–water partition coefficient (Wildman–Crippen LogP) is 4.63. The fourth-order valence-electron chi connectivity index (χ4n) is 6.98. The first-order valence-corrected chi connectivity index (χ1v) is 19.7. The zero-order valence-corrected chi connectivity index (χ0v) is 31.3. The molecule has 0 aromatic heterocycles. The number of hydrogen-bond donors (Lipinski definition) is 3. The second kappa shape index (κ2) is 17.5. The van der Waals surface area contributed by atoms with E-state index in [2.05, 4.69) is 10.6 Å². The largest absolute Gasteiger partial charge is 0.454 e. The number of unbranched alkanes of at least 4 members (excludes halogenated alkanes) is 1. The Morgan fingerprint density at radius 1 is 1.02 bits per heavy atom. The van der Waals surface area contributed by atoms with E-state index in [4.69, 9.17) is 23.7 Å². The molecule has 13 nitrogen and oxygen atoms in total. The van der Waals surface area contributed by atoms with Gasteiger partial charge in [0.15, 0.2) is 17.8 Å². The van der Waals surface area contributed by atoms with Gasteiger partial charge < -0.3 is 39.4 Å². The lowest BCUT2D eigenvalue weighted by molar-refractivity contribution is -0.0907. The lowest BCUT2D eigenvalue weighted by Gasteiger charge is -2.35. The minimum Gasteiger partial charge on any atom is -0.454 e. The summed E-state index contributed by atoms with van der Waals surface area (Å²) in [5.74, 6) is -0.0742. The van der Waals surface area contributed by atoms with Gasteiger partial charge in [0.1, 0.15) is 11.9 Å². The molecule has 2 amide bonds. The van der Waals surface area contributed by atoms with Gasteiger partial charge in [0.2, 0.25) is 16.8 Å². The van der Waals surface area contributed by atoms with Crippen LogP contribution < -0.4 is 20.1 Å². The number of aliphatic hydroxyl groups excluding tert-OH is 1. The zero-order chi connectivity index (χ0) is 38.3. The number of sulfonamides is 1. The third-order valence-corrected chi connectivity index (χ3v) is 11.8. The summed E-state index contributed by atoms with van der Waals surface area (Å²) in [4.78, 5) is 25.7. The average molecular weight is 770 g/mol. The van der Waals surface area contributed by atoms with E-state index in [9.17, 15) is 27.5 Å². The highest BCUT2D eigenvalue weighted by Crippen LogP contribution is 2.36. The van der Waals surface area contributed by atoms with Gasteiger partial charge in [-0.05, 0) is 73.1 Å². The van der Waals surface area contributed by atoms with Crippen LogP contribution in [-0.2, 0) is 30.7 Å². The van der Waals surface area contributed by atoms with Crippen molar-refractivity contribution in [3.63, 3.8) is 0 Å². The van der Waals surface area contributed by atoms with Crippen LogP contribution in [0.1, 0.15) is 55.5 Å². The highest BCUT2D eigenvalue weighted by Gasteiger charge is 2.44. The molecule has 15 heteroatoms. The van der Waals surface area contributed by atoms with E-state index in [0.29, 0.717) is 55.9 Å². The van der Waals surface area contributed by atoms with Crippen LogP contribution in [0.3, 0.4) is 0 Å². The molecule has 0 unspecified atom stereocenters. The molecule has 54 heavy (non-hydrogen) atoms. The van der Waals surface area contributed by atoms with Crippen LogP contribution in [0, 0.1) is 17.2 Å². The molecule has 0 radical (unpaired) electrons. The summed E-state index contributed by atoms with van der Waals surface area (Å²) in [5, 5.41) is 17.5. The van der Waals surface area contributed by atoms with Gasteiger partial charge in [-0.2, -0.15) is 4.31 Å². The van der Waals surface area contributed by atoms with Gasteiger partial charge in [-0.15, -0.1) is 0 Å². The van der Waals surface area contributed by atoms with Gasteiger partial charge in [-0.25, -0.2) is 17.6 Å². The maximum Gasteiger partial charge on any atom is 0.407 e. The van der Waals surface area contributed by atoms with Crippen LogP contribution in [0.2, 0.25) is 0 Å². The van der Waals surface area contributed by atoms with Crippen LogP contribution in [0.15, 0.2) is 77.7 Å². The Hall–Kier alpha value is -4.28. The van der Waals surface area contributed by atoms with E-state index < -0.39 is 51.9 Å². The number of fused-ring (bicyclic) bond motifs is 2. The molecule has 5 atom stereocenters. The number of carbonyl (C=O) groups excluding carboxylic acids is 2. The number of benzene rings is 3. The quantitative estimate of drug-likeness (QED) is 0.165. The van der Waals surface area contributed by atoms with Crippen molar-refractivity contribution in [3.05, 3.63) is 89.7 Å². The van der Waals surface area contributed by atoms with Crippen molar-refractivity contribution in [3.8, 4) is 11.5 Å². The van der Waals surface area contributed by atoms with E-state index in [1.807, 2.05) is 44.2 Å². The Labute approximate surface area is 315 Å². The van der Waals surface area contributed by atoms with E-state index in [1.54, 1.807) is 0 Å². The molecule has 3 aliphatic heterocycles. The Morgan fingerprint density at radius 3 is 2.56 bits per heavy atom. The molecule has 3 aromatic carbocycles. The molecule has 3 aromatic rings. The first-order chi connectivity index (χ1) is 25.9. The Balaban J connectivity index is 1.15. The molecule has 0 aliphatic carbocycles. The summed E-state index contributed by atoms with van der Waals surface area (Å²) >= 11 is 0. The van der Waals surface area contributed by atoms with E-state index in [0.717, 1.165) is 5.56 Å². The van der Waals surface area contributed by atoms with E-state index in [1.165, 1.54) is 46.8 Å². The molecule has 0 saturated carbocycles. The fourth-order valence-corrected chi connectivity index (χ4v) is 8.64. The molecule has 0 bridgehead atoms. The molecule has 292 valence electrons. The lowest BCUT2D eigenvalue weighted by Crippen LogP contribution is -2.52. The van der Waals surface area contributed by atoms with Crippen LogP contribution in [0.25, 0.3) is 0 Å². The molecule has 3 aliphatic rings. The van der Waals surface area contributed by atoms with E-state index in [-0.39, 0.29) is 49.6 Å². The predicted molar refractivity (Wildman–Crippen MR) is 195 cm³/mol. The number of rotatable bonds is 17. The van der Waals surface area contributed by atoms with Gasteiger partial charge in [-0.1, -0.05) is 50.6 Å². The smallest absolute Gasteiger partial charge is 0.407 e. The maximum absolute atomic E-state index is 14.4. The topological polar surface area (TPSA) is 162 Å². The number of halogens is 1. The maximum atomic E-state index is 14.4. The SMILES string of the molecule is CC(C)(CCCCNC(=O)c1ccc(F)cc1)CN(C[C@@H](O)[C@H](Cc1ccccc1)NC(=O)O[C@H]1CO[C@H]2OCC[C@H]21)S(=O)(=O)c1ccc2c(c1)OCO2. The van der Waals surface area contributed by atoms with Crippen LogP contribution in [-0.4, -0.2) is 94.0 Å². The van der Waals surface area contributed by atoms with Gasteiger partial charge in [0.25, 0.3) is 5.91 Å². The minimum atomic E-state index is -4.21. The third-order valence-electron chi connectivity index (χ3n) is 9.96. The first-order valence-electron chi connectivity index (χ1n) is 18.2. The molecule has 2 saturated heterocycles. The number of nitrogens with zero attached hydrogens (tertiary/aromatic N) is 1. The van der Waals surface area contributed by atoms with Gasteiger partial charge in [0.05, 0.1) is 36.2 Å². The highest BCUT2D eigenvalue weighted by atomic mass is 32.2. The van der Waals surface area contributed by atoms with Crippen LogP contribution in [0.5, 0.6) is 11.5 Å². The number of alkyl carbamates (subject to hydrolysis) is 1. The summed E-state index contributed by atoms with van der Waals surface area (Å²) in [7, 11) is -4.21. The first kappa shape index (κ1) is 39.4. The van der Waals surface area contributed by atoms with Crippen molar-refractivity contribution in [1.82, 2.24) is 14.9 Å². The number of aliphatic hydroxyl groups is 1. The van der Waals surface area contributed by atoms with Crippen molar-refractivity contribution in [2.24, 2.45) is 11.3 Å². The van der Waals surface area contributed by atoms with Crippen molar-refractivity contribution >= 4 is 22.0 Å². The van der Waals surface area contributed by atoms with Crippen molar-refractivity contribution in [1.29, 1.82) is 0 Å². The van der Waals surface area contributed by atoms with Gasteiger partial charge >= 0.3 is 6.09 Å². The molecule has 0 spiro atoms. The van der Waals surface area contributed by atoms with Crippen LogP contribution >= 0.6 is 0 Å². The van der Waals surface area contributed by atoms with Gasteiger partial charge in [-0.3, -0.25) is 4.79 Å². The van der Waals surface area contributed by atoms with Crippen molar-refractivity contribution in [2.75, 3.05) is 39.6 Å². The molecule has 3 N–H and O–H groups in total. The third kappa shape index (κ3) is 10.1. The molecular formula is C39H48FN3O10S. The summed E-state index contributed by atoms with van der Waals surface area (Å²) in [6, 6.07) is 18.1. The fraction of sp³-hybridized carbons (Fsp3) is 0.487. The highest BCUT2D eigenvalue weighted by molar-refractivity contribution is 7.89. The molecule has 2 fully saturated rings. The minimum absolute atomic E-state index is 0.0248. The Bertz CT molecular complexity index is 1850. The number of amides is 2. The summed E-state index contributed by atoms with van der Waals surface area (Å²) in [6.07, 6.45) is -0.216. The number of hydrogen-bond acceptors (Lipinski definition) is 10. The molecule has 3 heterocycles. The normalized spacial score (nSPS) is 20.4. The second-order valence-electron chi connectivity index (χ2n) is 14.7. The monoisotopic (exact) mass is 769 g/mol. The average Bonchev–Trinajstić information content (AvgIpc) is 3.90. The lowest BCUT2D eigenvalue weighted by atomic mass is 9.87. The summed E-state index contributed by atoms with van der Waals surface area (Å²) in [6.45, 7) is 4.66. The van der Waals surface area contributed by atoms with Crippen molar-refractivity contribution in [2.45, 2.75) is 75.4 Å². The van der Waals surface area contributed by atoms with Gasteiger partial charge in [0, 0.05) is 31.3 Å². The summed E-state index contributed by atoms with van der Waals surface area (Å²) < 4.78 is 71.1. The standard InChI is InChI=1S/C39H48FN3O10S/c1-39(2,17-6-7-18-41-36(45)27-10-12-28(40)13-11-27)24-43(54(47,48)29-14-15-33-34(21-29)52-25-51-33)22-32(44)31(20-26-8-4-3-5-9-26)42-38(46)53-35-23-50-37-30(35)16-19-49-37/h3-5,8-15,21,30-32,35,37,44H,6-7,16-20,22-25H2,1-2H3,(H,41,45)(H,42,46)/t30-,31-,32+,35-,37+/m0/s1.